The summed E-state index contributed by atoms with van der Waals surface area (Å²) < 4.78 is 39.2. The third-order valence-corrected chi connectivity index (χ3v) is 6.73. The van der Waals surface area contributed by atoms with Gasteiger partial charge < -0.3 is 19.8 Å². The minimum Gasteiger partial charge on any atom is -0.495 e. The number of rotatable bonds is 7. The molecule has 1 amide bonds. The lowest BCUT2D eigenvalue weighted by Crippen LogP contribution is -2.27. The van der Waals surface area contributed by atoms with Gasteiger partial charge in [0.1, 0.15) is 22.9 Å². The number of aryl methyl sites for hydroxylation is 1. The number of amides is 1. The fraction of sp³-hybridized carbons (Fsp3) is 0.120. The molecule has 0 saturated heterocycles. The van der Waals surface area contributed by atoms with E-state index in [9.17, 15) is 18.0 Å². The van der Waals surface area contributed by atoms with E-state index in [0.717, 1.165) is 5.56 Å². The number of hydrogen-bond acceptors (Lipinski definition) is 6. The van der Waals surface area contributed by atoms with Crippen LogP contribution in [-0.4, -0.2) is 33.5 Å². The smallest absolute Gasteiger partial charge is 0.263 e. The van der Waals surface area contributed by atoms with E-state index in [2.05, 4.69) is 15.0 Å². The van der Waals surface area contributed by atoms with Crippen molar-refractivity contribution in [2.75, 3.05) is 24.3 Å². The van der Waals surface area contributed by atoms with Crippen LogP contribution in [-0.2, 0) is 10.0 Å². The normalized spacial score (nSPS) is 11.2. The number of hydrogen-bond donors (Lipinski definition) is 3. The van der Waals surface area contributed by atoms with Gasteiger partial charge >= 0.3 is 0 Å². The summed E-state index contributed by atoms with van der Waals surface area (Å²) in [6.07, 6.45) is 0. The maximum atomic E-state index is 13.5. The second-order valence-electron chi connectivity index (χ2n) is 7.66. The molecule has 0 aliphatic carbocycles. The first-order valence-electron chi connectivity index (χ1n) is 10.5. The Morgan fingerprint density at radius 1 is 0.886 bits per heavy atom. The maximum Gasteiger partial charge on any atom is 0.263 e. The van der Waals surface area contributed by atoms with Crippen LogP contribution in [0.2, 0.25) is 0 Å². The number of para-hydroxylation sites is 3. The molecule has 0 aliphatic rings. The molecule has 0 spiro atoms. The first-order valence-corrected chi connectivity index (χ1v) is 12.0. The molecule has 0 unspecified atom stereocenters. The molecule has 4 aromatic rings. The van der Waals surface area contributed by atoms with Gasteiger partial charge in [-0.3, -0.25) is 14.3 Å². The van der Waals surface area contributed by atoms with E-state index < -0.39 is 26.9 Å². The van der Waals surface area contributed by atoms with Crippen molar-refractivity contribution in [2.45, 2.75) is 11.8 Å². The molecule has 0 bridgehead atoms. The van der Waals surface area contributed by atoms with Crippen molar-refractivity contribution in [3.05, 3.63) is 88.1 Å². The van der Waals surface area contributed by atoms with Crippen LogP contribution in [0.15, 0.2) is 76.4 Å². The second-order valence-corrected chi connectivity index (χ2v) is 9.34. The highest BCUT2D eigenvalue weighted by Gasteiger charge is 2.25. The summed E-state index contributed by atoms with van der Waals surface area (Å²) in [5.74, 6) is -0.421. The number of nitrogens with one attached hydrogen (secondary N) is 3. The lowest BCUT2D eigenvalue weighted by Gasteiger charge is -2.16. The number of fused-ring (bicyclic) bond motifs is 1. The summed E-state index contributed by atoms with van der Waals surface area (Å²) in [6.45, 7) is 1.83. The average Bonchev–Trinajstić information content (AvgIpc) is 2.84. The average molecular weight is 494 g/mol. The zero-order valence-electron chi connectivity index (χ0n) is 19.2. The molecule has 0 radical (unpaired) electrons. The van der Waals surface area contributed by atoms with E-state index in [1.54, 1.807) is 48.5 Å². The van der Waals surface area contributed by atoms with Crippen LogP contribution in [0.25, 0.3) is 10.9 Å². The Morgan fingerprint density at radius 2 is 1.54 bits per heavy atom. The van der Waals surface area contributed by atoms with Gasteiger partial charge in [-0.15, -0.1) is 0 Å². The fourth-order valence-corrected chi connectivity index (χ4v) is 4.63. The van der Waals surface area contributed by atoms with Crippen LogP contribution in [0.1, 0.15) is 15.9 Å². The van der Waals surface area contributed by atoms with Crippen molar-refractivity contribution in [1.82, 2.24) is 4.98 Å². The van der Waals surface area contributed by atoms with Gasteiger partial charge in [0, 0.05) is 0 Å². The number of aromatic nitrogens is 1. The highest BCUT2D eigenvalue weighted by atomic mass is 32.2. The highest BCUT2D eigenvalue weighted by molar-refractivity contribution is 7.92. The van der Waals surface area contributed by atoms with Gasteiger partial charge in [-0.25, -0.2) is 8.42 Å². The number of anilines is 2. The van der Waals surface area contributed by atoms with E-state index in [1.807, 2.05) is 6.92 Å². The largest absolute Gasteiger partial charge is 0.495 e. The number of pyridine rings is 1. The van der Waals surface area contributed by atoms with Crippen LogP contribution < -0.4 is 24.9 Å². The van der Waals surface area contributed by atoms with Gasteiger partial charge in [-0.05, 0) is 43.3 Å². The van der Waals surface area contributed by atoms with Crippen molar-refractivity contribution >= 4 is 38.3 Å². The number of H-pyrrole nitrogens is 1. The molecule has 0 saturated carbocycles. The van der Waals surface area contributed by atoms with Gasteiger partial charge in [0.2, 0.25) is 5.43 Å². The van der Waals surface area contributed by atoms with Crippen LogP contribution in [0.3, 0.4) is 0 Å². The van der Waals surface area contributed by atoms with Crippen LogP contribution >= 0.6 is 0 Å². The third-order valence-electron chi connectivity index (χ3n) is 5.37. The van der Waals surface area contributed by atoms with Gasteiger partial charge in [0.25, 0.3) is 15.9 Å². The van der Waals surface area contributed by atoms with E-state index in [-0.39, 0.29) is 21.6 Å². The SMILES string of the molecule is COc1ccccc1NC(=O)c1c(NS(=O)(=O)c2ccc(C)cc2)[nH]c2c(OC)cccc2c1=O. The van der Waals surface area contributed by atoms with Gasteiger partial charge in [-0.1, -0.05) is 35.9 Å². The lowest BCUT2D eigenvalue weighted by molar-refractivity contribution is 0.102. The van der Waals surface area contributed by atoms with E-state index in [4.69, 9.17) is 9.47 Å². The van der Waals surface area contributed by atoms with Crippen molar-refractivity contribution in [3.8, 4) is 11.5 Å². The second kappa shape index (κ2) is 9.51. The number of carbonyl (C=O) groups excluding carboxylic acids is 1. The Morgan fingerprint density at radius 3 is 2.23 bits per heavy atom. The maximum absolute atomic E-state index is 13.5. The summed E-state index contributed by atoms with van der Waals surface area (Å²) in [6, 6.07) is 17.6. The Balaban J connectivity index is 1.89. The molecular formula is C25H23N3O6S. The molecule has 0 aliphatic heterocycles. The third kappa shape index (κ3) is 4.69. The van der Waals surface area contributed by atoms with Gasteiger partial charge in [0.15, 0.2) is 0 Å². The molecule has 0 fully saturated rings. The van der Waals surface area contributed by atoms with Crippen molar-refractivity contribution in [2.24, 2.45) is 0 Å². The molecule has 1 aromatic heterocycles. The lowest BCUT2D eigenvalue weighted by atomic mass is 10.1. The molecule has 3 N–H and O–H groups in total. The van der Waals surface area contributed by atoms with Gasteiger partial charge in [0.05, 0.1) is 35.7 Å². The number of methoxy groups -OCH3 is 2. The Labute approximate surface area is 201 Å². The summed E-state index contributed by atoms with van der Waals surface area (Å²) in [5, 5.41) is 2.80. The zero-order valence-corrected chi connectivity index (χ0v) is 20.0. The predicted octanol–water partition coefficient (Wildman–Crippen LogP) is 3.91. The Hall–Kier alpha value is -4.31. The molecule has 10 heteroatoms. The summed E-state index contributed by atoms with van der Waals surface area (Å²) in [5.41, 5.74) is 0.358. The van der Waals surface area contributed by atoms with Crippen LogP contribution in [0.5, 0.6) is 11.5 Å². The molecule has 3 aromatic carbocycles. The van der Waals surface area contributed by atoms with E-state index in [1.165, 1.54) is 32.4 Å². The minimum atomic E-state index is -4.14. The number of aromatic amines is 1. The fourth-order valence-electron chi connectivity index (χ4n) is 3.59. The Kier molecular flexibility index (Phi) is 6.48. The molecule has 9 nitrogen and oxygen atoms in total. The summed E-state index contributed by atoms with van der Waals surface area (Å²) in [7, 11) is -1.27. The van der Waals surface area contributed by atoms with E-state index in [0.29, 0.717) is 17.2 Å². The van der Waals surface area contributed by atoms with Gasteiger partial charge in [-0.2, -0.15) is 0 Å². The zero-order chi connectivity index (χ0) is 25.2. The predicted molar refractivity (Wildman–Crippen MR) is 134 cm³/mol. The topological polar surface area (TPSA) is 127 Å². The molecule has 0 atom stereocenters. The molecule has 180 valence electrons. The highest BCUT2D eigenvalue weighted by Crippen LogP contribution is 2.28. The number of benzene rings is 3. The number of carbonyl (C=O) groups is 1. The van der Waals surface area contributed by atoms with Crippen molar-refractivity contribution in [3.63, 3.8) is 0 Å². The molecular weight excluding hydrogens is 470 g/mol. The molecule has 1 heterocycles. The first kappa shape index (κ1) is 23.8. The monoisotopic (exact) mass is 493 g/mol. The van der Waals surface area contributed by atoms with Crippen molar-refractivity contribution < 1.29 is 22.7 Å². The number of sulfonamides is 1. The Bertz CT molecular complexity index is 1580. The summed E-state index contributed by atoms with van der Waals surface area (Å²) in [4.78, 5) is 29.7. The molecule has 4 rings (SSSR count). The van der Waals surface area contributed by atoms with Crippen LogP contribution in [0, 0.1) is 6.92 Å². The van der Waals surface area contributed by atoms with Crippen LogP contribution in [0.4, 0.5) is 11.5 Å². The van der Waals surface area contributed by atoms with E-state index >= 15 is 0 Å². The minimum absolute atomic E-state index is 0.0276. The standard InChI is InChI=1S/C25H23N3O6S/c1-15-11-13-16(14-12-15)35(31,32)28-24-21(25(30)26-18-8-4-5-9-19(18)33-2)23(29)17-7-6-10-20(34-3)22(17)27-24/h4-14H,1-3H3,(H,26,30)(H2,27,28,29). The quantitative estimate of drug-likeness (QED) is 0.358. The van der Waals surface area contributed by atoms with Crippen molar-refractivity contribution in [1.29, 1.82) is 0 Å². The number of ether oxygens (including phenoxy) is 2. The first-order chi connectivity index (χ1) is 16.7. The summed E-state index contributed by atoms with van der Waals surface area (Å²) >= 11 is 0. The molecule has 35 heavy (non-hydrogen) atoms.